The number of hydrogen-bond acceptors (Lipinski definition) is 5. The van der Waals surface area contributed by atoms with E-state index in [0.29, 0.717) is 18.1 Å². The molecule has 0 radical (unpaired) electrons. The van der Waals surface area contributed by atoms with Crippen molar-refractivity contribution in [3.63, 3.8) is 0 Å². The predicted molar refractivity (Wildman–Crippen MR) is 50.6 cm³/mol. The first-order chi connectivity index (χ1) is 6.57. The van der Waals surface area contributed by atoms with Crippen molar-refractivity contribution in [3.8, 4) is 0 Å². The van der Waals surface area contributed by atoms with Gasteiger partial charge in [-0.3, -0.25) is 0 Å². The highest BCUT2D eigenvalue weighted by Gasteiger charge is 2.27. The second kappa shape index (κ2) is 3.36. The van der Waals surface area contributed by atoms with Crippen molar-refractivity contribution in [1.29, 1.82) is 0 Å². The Bertz CT molecular complexity index is 424. The number of aromatic nitrogens is 1. The molecule has 14 heavy (non-hydrogen) atoms. The van der Waals surface area contributed by atoms with Gasteiger partial charge in [0.1, 0.15) is 6.26 Å². The Hall–Kier alpha value is -0.880. The minimum absolute atomic E-state index is 0.110. The summed E-state index contributed by atoms with van der Waals surface area (Å²) in [7, 11) is -2.91. The average molecular weight is 216 g/mol. The minimum Gasteiger partial charge on any atom is -0.449 e. The zero-order chi connectivity index (χ0) is 10.2. The van der Waals surface area contributed by atoms with E-state index in [4.69, 9.17) is 4.42 Å². The molecule has 1 saturated heterocycles. The van der Waals surface area contributed by atoms with Gasteiger partial charge in [-0.15, -0.1) is 0 Å². The van der Waals surface area contributed by atoms with Crippen LogP contribution in [0.5, 0.6) is 0 Å². The fraction of sp³-hybridized carbons (Fsp3) is 0.625. The SMILES string of the molecule is Cc1nc(C2CS(=O)(=O)CCN2)co1. The number of hydrogen-bond donors (Lipinski definition) is 1. The van der Waals surface area contributed by atoms with Crippen molar-refractivity contribution in [2.24, 2.45) is 0 Å². The summed E-state index contributed by atoms with van der Waals surface area (Å²) in [4.78, 5) is 4.11. The van der Waals surface area contributed by atoms with Crippen LogP contribution in [0.2, 0.25) is 0 Å². The Morgan fingerprint density at radius 1 is 1.64 bits per heavy atom. The first-order valence-corrected chi connectivity index (χ1v) is 6.25. The summed E-state index contributed by atoms with van der Waals surface area (Å²) in [5, 5.41) is 3.10. The molecule has 5 nitrogen and oxygen atoms in total. The molecule has 0 amide bonds. The molecule has 1 aliphatic heterocycles. The second-order valence-corrected chi connectivity index (χ2v) is 5.64. The van der Waals surface area contributed by atoms with Crippen LogP contribution in [0.4, 0.5) is 0 Å². The molecule has 0 saturated carbocycles. The molecule has 0 aromatic carbocycles. The van der Waals surface area contributed by atoms with Crippen molar-refractivity contribution in [1.82, 2.24) is 10.3 Å². The maximum atomic E-state index is 11.3. The van der Waals surface area contributed by atoms with E-state index in [2.05, 4.69) is 10.3 Å². The Labute approximate surface area is 82.4 Å². The molecule has 2 heterocycles. The lowest BCUT2D eigenvalue weighted by atomic mass is 10.2. The highest BCUT2D eigenvalue weighted by molar-refractivity contribution is 7.91. The monoisotopic (exact) mass is 216 g/mol. The first-order valence-electron chi connectivity index (χ1n) is 4.43. The van der Waals surface area contributed by atoms with Crippen LogP contribution in [0, 0.1) is 6.92 Å². The standard InChI is InChI=1S/C8H12N2O3S/c1-6-10-7(4-13-6)8-5-14(11,12)3-2-9-8/h4,8-9H,2-3,5H2,1H3. The third-order valence-electron chi connectivity index (χ3n) is 2.22. The van der Waals surface area contributed by atoms with Crippen LogP contribution >= 0.6 is 0 Å². The highest BCUT2D eigenvalue weighted by Crippen LogP contribution is 2.17. The van der Waals surface area contributed by atoms with Gasteiger partial charge in [0.25, 0.3) is 0 Å². The third-order valence-corrected chi connectivity index (χ3v) is 3.89. The van der Waals surface area contributed by atoms with E-state index in [9.17, 15) is 8.42 Å². The van der Waals surface area contributed by atoms with Crippen molar-refractivity contribution >= 4 is 9.84 Å². The van der Waals surface area contributed by atoms with Gasteiger partial charge in [-0.2, -0.15) is 0 Å². The van der Waals surface area contributed by atoms with Gasteiger partial charge in [0.2, 0.25) is 0 Å². The molecule has 1 atom stereocenters. The maximum absolute atomic E-state index is 11.3. The molecule has 1 N–H and O–H groups in total. The fourth-order valence-corrected chi connectivity index (χ4v) is 2.91. The van der Waals surface area contributed by atoms with Gasteiger partial charge < -0.3 is 9.73 Å². The summed E-state index contributed by atoms with van der Waals surface area (Å²) in [5.74, 6) is 0.879. The number of nitrogens with one attached hydrogen (secondary N) is 1. The van der Waals surface area contributed by atoms with Crippen LogP contribution in [0.15, 0.2) is 10.7 Å². The van der Waals surface area contributed by atoms with Crippen LogP contribution < -0.4 is 5.32 Å². The Morgan fingerprint density at radius 3 is 3.00 bits per heavy atom. The normalized spacial score (nSPS) is 26.2. The summed E-state index contributed by atoms with van der Waals surface area (Å²) in [6.07, 6.45) is 1.51. The van der Waals surface area contributed by atoms with Crippen molar-refractivity contribution in [2.75, 3.05) is 18.1 Å². The summed E-state index contributed by atoms with van der Waals surface area (Å²) in [5.41, 5.74) is 0.672. The minimum atomic E-state index is -2.91. The smallest absolute Gasteiger partial charge is 0.191 e. The van der Waals surface area contributed by atoms with Crippen molar-refractivity contribution in [2.45, 2.75) is 13.0 Å². The average Bonchev–Trinajstić information content (AvgIpc) is 2.50. The summed E-state index contributed by atoms with van der Waals surface area (Å²) in [6.45, 7) is 2.22. The predicted octanol–water partition coefficient (Wildman–Crippen LogP) is 0.0421. The lowest BCUT2D eigenvalue weighted by molar-refractivity contribution is 0.510. The highest BCUT2D eigenvalue weighted by atomic mass is 32.2. The van der Waals surface area contributed by atoms with Gasteiger partial charge in [-0.05, 0) is 0 Å². The third kappa shape index (κ3) is 1.96. The molecule has 0 aliphatic carbocycles. The van der Waals surface area contributed by atoms with Gasteiger partial charge in [-0.1, -0.05) is 0 Å². The summed E-state index contributed by atoms with van der Waals surface area (Å²) < 4.78 is 27.7. The van der Waals surface area contributed by atoms with E-state index in [1.54, 1.807) is 6.92 Å². The van der Waals surface area contributed by atoms with E-state index in [-0.39, 0.29) is 17.5 Å². The molecule has 1 aliphatic rings. The molecule has 78 valence electrons. The lowest BCUT2D eigenvalue weighted by Crippen LogP contribution is -2.39. The molecule has 2 rings (SSSR count). The van der Waals surface area contributed by atoms with E-state index >= 15 is 0 Å². The Kier molecular flexibility index (Phi) is 2.32. The molecule has 0 bridgehead atoms. The Balaban J connectivity index is 2.20. The molecule has 0 spiro atoms. The topological polar surface area (TPSA) is 72.2 Å². The number of nitrogens with zero attached hydrogens (tertiary/aromatic N) is 1. The molecule has 1 unspecified atom stereocenters. The van der Waals surface area contributed by atoms with Gasteiger partial charge in [0.05, 0.1) is 23.2 Å². The van der Waals surface area contributed by atoms with Gasteiger partial charge in [0.15, 0.2) is 15.7 Å². The van der Waals surface area contributed by atoms with E-state index in [0.717, 1.165) is 0 Å². The molecule has 1 fully saturated rings. The molecule has 1 aromatic rings. The lowest BCUT2D eigenvalue weighted by Gasteiger charge is -2.21. The van der Waals surface area contributed by atoms with Crippen molar-refractivity contribution in [3.05, 3.63) is 17.8 Å². The van der Waals surface area contributed by atoms with Crippen LogP contribution in [0.25, 0.3) is 0 Å². The number of rotatable bonds is 1. The van der Waals surface area contributed by atoms with E-state index in [1.807, 2.05) is 0 Å². The van der Waals surface area contributed by atoms with E-state index < -0.39 is 9.84 Å². The van der Waals surface area contributed by atoms with Crippen molar-refractivity contribution < 1.29 is 12.8 Å². The number of aryl methyl sites for hydroxylation is 1. The van der Waals surface area contributed by atoms with Gasteiger partial charge in [0, 0.05) is 13.5 Å². The van der Waals surface area contributed by atoms with Crippen LogP contribution in [0.3, 0.4) is 0 Å². The Morgan fingerprint density at radius 2 is 2.43 bits per heavy atom. The zero-order valence-electron chi connectivity index (χ0n) is 7.86. The van der Waals surface area contributed by atoms with Crippen LogP contribution in [0.1, 0.15) is 17.6 Å². The summed E-state index contributed by atoms with van der Waals surface area (Å²) in [6, 6.07) is -0.216. The quantitative estimate of drug-likeness (QED) is 0.717. The molecular formula is C8H12N2O3S. The summed E-state index contributed by atoms with van der Waals surface area (Å²) >= 11 is 0. The molecule has 1 aromatic heterocycles. The second-order valence-electron chi connectivity index (χ2n) is 3.41. The van der Waals surface area contributed by atoms with Crippen LogP contribution in [-0.4, -0.2) is 31.5 Å². The number of oxazole rings is 1. The van der Waals surface area contributed by atoms with Crippen LogP contribution in [-0.2, 0) is 9.84 Å². The first kappa shape index (κ1) is 9.67. The zero-order valence-corrected chi connectivity index (χ0v) is 8.67. The molecule has 6 heteroatoms. The maximum Gasteiger partial charge on any atom is 0.191 e. The largest absolute Gasteiger partial charge is 0.449 e. The fourth-order valence-electron chi connectivity index (χ4n) is 1.52. The number of sulfone groups is 1. The van der Waals surface area contributed by atoms with Gasteiger partial charge >= 0.3 is 0 Å². The molecular weight excluding hydrogens is 204 g/mol. The van der Waals surface area contributed by atoms with Gasteiger partial charge in [-0.25, -0.2) is 13.4 Å². The van der Waals surface area contributed by atoms with E-state index in [1.165, 1.54) is 6.26 Å².